The number of likely N-dealkylation sites (N-methyl/N-ethyl adjacent to an activating group) is 1. The average molecular weight is 1280 g/mol. The van der Waals surface area contributed by atoms with Crippen molar-refractivity contribution in [2.24, 2.45) is 51.8 Å². The number of aliphatic carboxylic acids is 1. The van der Waals surface area contributed by atoms with Crippen LogP contribution in [-0.2, 0) is 59.2 Å². The van der Waals surface area contributed by atoms with Gasteiger partial charge in [-0.25, -0.2) is 0 Å². The number of aliphatic imine (C=N–C) groups is 1. The number of benzene rings is 1. The largest absolute Gasteiger partial charge is 0.481 e. The number of unbranched alkanes of at least 4 members (excludes halogenated alkanes) is 6. The van der Waals surface area contributed by atoms with Gasteiger partial charge in [-0.15, -0.1) is 0 Å². The number of piperidine rings is 1. The Morgan fingerprint density at radius 3 is 1.81 bits per heavy atom. The van der Waals surface area contributed by atoms with Gasteiger partial charge < -0.3 is 74.0 Å². The van der Waals surface area contributed by atoms with Gasteiger partial charge in [-0.05, 0) is 80.6 Å². The summed E-state index contributed by atoms with van der Waals surface area (Å²) in [6.07, 6.45) is 7.40. The quantitative estimate of drug-likeness (QED) is 0.0256. The molecule has 0 aromatic heterocycles. The summed E-state index contributed by atoms with van der Waals surface area (Å²) in [6.45, 7) is 17.0. The Bertz CT molecular complexity index is 2580. The Balaban J connectivity index is 1.89. The summed E-state index contributed by atoms with van der Waals surface area (Å²) in [4.78, 5) is 161. The van der Waals surface area contributed by atoms with Crippen molar-refractivity contribution in [3.63, 3.8) is 0 Å². The van der Waals surface area contributed by atoms with Crippen molar-refractivity contribution in [2.45, 2.75) is 239 Å². The second-order valence-corrected chi connectivity index (χ2v) is 26.1. The molecule has 2 heterocycles. The number of aliphatic hydroxyl groups excluding tert-OH is 1. The molecule has 0 aliphatic carbocycles. The third kappa shape index (κ3) is 27.2. The zero-order chi connectivity index (χ0) is 68.1. The van der Waals surface area contributed by atoms with Gasteiger partial charge in [-0.3, -0.25) is 57.7 Å². The van der Waals surface area contributed by atoms with E-state index in [0.717, 1.165) is 47.5 Å². The first-order valence-corrected chi connectivity index (χ1v) is 32.9. The minimum absolute atomic E-state index is 0.00739. The maximum Gasteiger partial charge on any atom is 0.305 e. The summed E-state index contributed by atoms with van der Waals surface area (Å²) in [5.41, 5.74) is 17.3. The van der Waals surface area contributed by atoms with Gasteiger partial charge in [-0.1, -0.05) is 138 Å². The van der Waals surface area contributed by atoms with Crippen LogP contribution in [-0.4, -0.2) is 184 Å². The second-order valence-electron chi connectivity index (χ2n) is 26.1. The lowest BCUT2D eigenvalue weighted by atomic mass is 9.95. The highest BCUT2D eigenvalue weighted by atomic mass is 16.4. The number of primary amides is 1. The zero-order valence-corrected chi connectivity index (χ0v) is 55.6. The number of amides is 10. The van der Waals surface area contributed by atoms with Gasteiger partial charge in [0.1, 0.15) is 48.3 Å². The first kappa shape index (κ1) is 77.9. The maximum absolute atomic E-state index is 14.9. The molecule has 0 bridgehead atoms. The monoisotopic (exact) mass is 1280 g/mol. The molecule has 1 aromatic carbocycles. The number of nitrogens with zero attached hydrogens (tertiary/aromatic N) is 4. The van der Waals surface area contributed by atoms with Gasteiger partial charge in [-0.2, -0.15) is 0 Å². The summed E-state index contributed by atoms with van der Waals surface area (Å²) in [5.74, 6) is -10.3. The number of rotatable bonds is 40. The van der Waals surface area contributed by atoms with E-state index >= 15 is 0 Å². The number of guanidine groups is 1. The molecule has 3 rings (SSSR count). The lowest BCUT2D eigenvalue weighted by molar-refractivity contribution is -0.149. The first-order valence-electron chi connectivity index (χ1n) is 32.9. The van der Waals surface area contributed by atoms with Gasteiger partial charge in [0.2, 0.25) is 59.1 Å². The number of nitrogens with two attached hydrogens (primary N) is 3. The molecule has 0 saturated carbocycles. The van der Waals surface area contributed by atoms with Crippen LogP contribution < -0.4 is 49.1 Å². The number of carboxylic acid groups (broad SMARTS) is 1. The Labute approximate surface area is 538 Å². The predicted octanol–water partition coefficient (Wildman–Crippen LogP) is 2.50. The number of likely N-dealkylation sites (tertiary alicyclic amines) is 2. The number of nitrogens with one attached hydrogen (secondary N) is 6. The van der Waals surface area contributed by atoms with E-state index in [1.807, 2.05) is 58.0 Å². The van der Waals surface area contributed by atoms with E-state index in [-0.39, 0.29) is 100 Å². The Hall–Kier alpha value is -7.38. The SMILES string of the molecule is CCCCCCCCCC(=O)N1CCC[C@H](C(=O)N[C@@H](Cc2ccccc2)C(=O)N[C@H](CC(C)C)C(=O)N[C@@H](CC(C)C)C(=O)N2C[C@H](O)C[C@H]2C(=O)N(C)[C@@H](CC(C)C)C(=O)N[C@@H](CC(=O)O)C(=O)N[C@@H](CCCN=C(N)N)C(=O)N[C@H](C(N)=O)[C@@H](C)CC)C1. The van der Waals surface area contributed by atoms with Crippen LogP contribution in [0.3, 0.4) is 0 Å². The molecule has 26 heteroatoms. The number of hydrogen-bond acceptors (Lipinski definition) is 13. The molecule has 11 atom stereocenters. The van der Waals surface area contributed by atoms with Crippen LogP contribution in [0.25, 0.3) is 0 Å². The zero-order valence-electron chi connectivity index (χ0n) is 55.6. The minimum atomic E-state index is -1.81. The van der Waals surface area contributed by atoms with Crippen LogP contribution in [0.5, 0.6) is 0 Å². The van der Waals surface area contributed by atoms with Crippen LogP contribution in [0.1, 0.15) is 183 Å². The molecular weight excluding hydrogens is 1170 g/mol. The maximum atomic E-state index is 14.9. The molecule has 2 saturated heterocycles. The van der Waals surface area contributed by atoms with E-state index in [0.29, 0.717) is 32.2 Å². The van der Waals surface area contributed by atoms with E-state index in [1.54, 1.807) is 32.6 Å². The highest BCUT2D eigenvalue weighted by molar-refractivity contribution is 5.99. The van der Waals surface area contributed by atoms with Crippen LogP contribution in [0.4, 0.5) is 0 Å². The number of carbonyl (C=O) groups is 11. The van der Waals surface area contributed by atoms with Gasteiger partial charge >= 0.3 is 5.97 Å². The smallest absolute Gasteiger partial charge is 0.305 e. The fourth-order valence-corrected chi connectivity index (χ4v) is 11.5. The molecule has 0 radical (unpaired) electrons. The molecule has 2 fully saturated rings. The third-order valence-electron chi connectivity index (χ3n) is 16.8. The fraction of sp³-hybridized carbons (Fsp3) is 0.723. The van der Waals surface area contributed by atoms with E-state index in [2.05, 4.69) is 43.8 Å². The van der Waals surface area contributed by atoms with Crippen LogP contribution >= 0.6 is 0 Å². The topological polar surface area (TPSA) is 401 Å². The fourth-order valence-electron chi connectivity index (χ4n) is 11.5. The van der Waals surface area contributed by atoms with Crippen molar-refractivity contribution in [3.05, 3.63) is 35.9 Å². The van der Waals surface area contributed by atoms with Gasteiger partial charge in [0.15, 0.2) is 5.96 Å². The number of carbonyl (C=O) groups excluding carboxylic acids is 10. The van der Waals surface area contributed by atoms with Crippen LogP contribution in [0.2, 0.25) is 0 Å². The van der Waals surface area contributed by atoms with Gasteiger partial charge in [0.25, 0.3) is 0 Å². The summed E-state index contributed by atoms with van der Waals surface area (Å²) in [6, 6.07) is -1.62. The molecule has 26 nitrogen and oxygen atoms in total. The molecule has 0 spiro atoms. The highest BCUT2D eigenvalue weighted by Gasteiger charge is 2.46. The first-order chi connectivity index (χ1) is 43.0. The molecule has 1 aromatic rings. The average Bonchev–Trinajstić information content (AvgIpc) is 1.82. The van der Waals surface area contributed by atoms with E-state index in [9.17, 15) is 63.0 Å². The summed E-state index contributed by atoms with van der Waals surface area (Å²) in [5, 5.41) is 37.4. The molecule has 2 aliphatic rings. The number of aliphatic hydroxyl groups is 1. The van der Waals surface area contributed by atoms with Gasteiger partial charge in [0.05, 0.1) is 18.4 Å². The van der Waals surface area contributed by atoms with Crippen molar-refractivity contribution < 1.29 is 63.0 Å². The van der Waals surface area contributed by atoms with Crippen molar-refractivity contribution >= 4 is 71.0 Å². The third-order valence-corrected chi connectivity index (χ3v) is 16.8. The minimum Gasteiger partial charge on any atom is -0.481 e. The summed E-state index contributed by atoms with van der Waals surface area (Å²) in [7, 11) is 1.31. The van der Waals surface area contributed by atoms with Gasteiger partial charge in [0, 0.05) is 52.5 Å². The highest BCUT2D eigenvalue weighted by Crippen LogP contribution is 2.26. The Morgan fingerprint density at radius 1 is 0.659 bits per heavy atom. The van der Waals surface area contributed by atoms with Crippen LogP contribution in [0.15, 0.2) is 35.3 Å². The second kappa shape index (κ2) is 39.8. The lowest BCUT2D eigenvalue weighted by Crippen LogP contribution is -2.61. The normalized spacial score (nSPS) is 18.3. The summed E-state index contributed by atoms with van der Waals surface area (Å²) < 4.78 is 0. The molecule has 0 unspecified atom stereocenters. The Kier molecular flexibility index (Phi) is 34.0. The standard InChI is InChI=1S/C65H109N13O13/c1-11-13-14-15-16-17-21-28-53(80)77-30-23-26-44(37-77)57(84)71-48(34-43-24-19-18-20-25-43)60(87)72-47(31-39(3)4)59(86)74-50(32-40(5)6)63(90)78-38-45(79)35-52(78)64(91)76(10)51(33-41(7)8)62(89)73-49(36-54(81)82)61(88)70-46(27-22-29-69-65(67)68)58(85)75-55(56(66)83)42(9)12-2/h18-20,24-25,39-42,44-52,55,79H,11-17,21-23,26-38H2,1-10H3,(H2,66,83)(H,70,88)(H,71,84)(H,72,87)(H,73,89)(H,74,86)(H,75,85)(H,81,82)(H4,67,68,69)/t42-,44-,45+,46-,47+,48-,49-,50-,51-,52-,55-/m0/s1. The molecule has 2 aliphatic heterocycles. The molecule has 512 valence electrons. The van der Waals surface area contributed by atoms with Crippen LogP contribution in [0, 0.1) is 29.6 Å². The molecule has 14 N–H and O–H groups in total. The van der Waals surface area contributed by atoms with Crippen molar-refractivity contribution in [3.8, 4) is 0 Å². The predicted molar refractivity (Wildman–Crippen MR) is 346 cm³/mol. The van der Waals surface area contributed by atoms with Crippen molar-refractivity contribution in [2.75, 3.05) is 33.2 Å². The number of β-amino-alcohol motifs (C(OH)–C–C–N with tert-alkyl or cyclic N) is 1. The lowest BCUT2D eigenvalue weighted by Gasteiger charge is -2.35. The molecule has 10 amide bonds. The van der Waals surface area contributed by atoms with E-state index < -0.39 is 126 Å². The van der Waals surface area contributed by atoms with E-state index in [1.165, 1.54) is 19.9 Å². The molecular formula is C65H109N13O13. The summed E-state index contributed by atoms with van der Waals surface area (Å²) >= 11 is 0. The Morgan fingerprint density at radius 2 is 1.22 bits per heavy atom. The number of carboxylic acids is 1. The van der Waals surface area contributed by atoms with E-state index in [4.69, 9.17) is 17.2 Å². The molecule has 91 heavy (non-hydrogen) atoms. The van der Waals surface area contributed by atoms with Crippen molar-refractivity contribution in [1.29, 1.82) is 0 Å². The number of hydrogen-bond donors (Lipinski definition) is 11. The van der Waals surface area contributed by atoms with Crippen molar-refractivity contribution in [1.82, 2.24) is 46.6 Å².